The van der Waals surface area contributed by atoms with Gasteiger partial charge in [0.15, 0.2) is 0 Å². The van der Waals surface area contributed by atoms with Gasteiger partial charge in [-0.25, -0.2) is 0 Å². The smallest absolute Gasteiger partial charge is 0.0636 e. The fourth-order valence-corrected chi connectivity index (χ4v) is 8.84. The van der Waals surface area contributed by atoms with E-state index in [9.17, 15) is 0 Å². The first kappa shape index (κ1) is 28.7. The van der Waals surface area contributed by atoms with E-state index in [-0.39, 0.29) is 0 Å². The molecule has 2 atom stereocenters. The zero-order valence-electron chi connectivity index (χ0n) is 27.0. The highest BCUT2D eigenvalue weighted by Crippen LogP contribution is 2.55. The van der Waals surface area contributed by atoms with Gasteiger partial charge in [-0.3, -0.25) is 0 Å². The molecular formula is C48H38. The Hall–Kier alpha value is -5.46. The van der Waals surface area contributed by atoms with Crippen LogP contribution in [0, 0.1) is 0 Å². The topological polar surface area (TPSA) is 0 Å². The van der Waals surface area contributed by atoms with Crippen LogP contribution in [0.5, 0.6) is 0 Å². The normalized spacial score (nSPS) is 19.1. The Morgan fingerprint density at radius 2 is 0.771 bits per heavy atom. The third-order valence-electron chi connectivity index (χ3n) is 11.2. The fraction of sp³-hybridized carbons (Fsp3) is 0.125. The van der Waals surface area contributed by atoms with E-state index in [4.69, 9.17) is 0 Å². The maximum atomic E-state index is 2.60. The van der Waals surface area contributed by atoms with Crippen molar-refractivity contribution in [3.8, 4) is 0 Å². The minimum absolute atomic E-state index is 0.379. The molecule has 6 aromatic rings. The minimum Gasteiger partial charge on any atom is -0.0764 e. The predicted octanol–water partition coefficient (Wildman–Crippen LogP) is 11.6. The van der Waals surface area contributed by atoms with E-state index < -0.39 is 10.8 Å². The number of fused-ring (bicyclic) bond motifs is 3. The molecule has 3 aliphatic carbocycles. The Balaban J connectivity index is 1.27. The van der Waals surface area contributed by atoms with Gasteiger partial charge < -0.3 is 0 Å². The van der Waals surface area contributed by atoms with Crippen molar-refractivity contribution in [3.05, 3.63) is 238 Å². The third-order valence-corrected chi connectivity index (χ3v) is 11.2. The van der Waals surface area contributed by atoms with E-state index in [1.165, 1.54) is 55.6 Å². The van der Waals surface area contributed by atoms with Gasteiger partial charge in [-0.1, -0.05) is 188 Å². The molecule has 0 nitrogen and oxygen atoms in total. The zero-order chi connectivity index (χ0) is 32.0. The number of benzene rings is 6. The van der Waals surface area contributed by atoms with Gasteiger partial charge in [0, 0.05) is 11.8 Å². The second-order valence-electron chi connectivity index (χ2n) is 13.6. The van der Waals surface area contributed by atoms with Crippen molar-refractivity contribution < 1.29 is 0 Å². The maximum Gasteiger partial charge on any atom is 0.0636 e. The Bertz CT molecular complexity index is 2090. The maximum absolute atomic E-state index is 2.60. The van der Waals surface area contributed by atoms with Crippen LogP contribution in [0.15, 0.2) is 182 Å². The molecule has 0 bridgehead atoms. The van der Waals surface area contributed by atoms with E-state index in [1.54, 1.807) is 0 Å². The van der Waals surface area contributed by atoms with E-state index in [0.29, 0.717) is 11.8 Å². The molecule has 0 N–H and O–H groups in total. The van der Waals surface area contributed by atoms with Crippen molar-refractivity contribution >= 4 is 12.2 Å². The average Bonchev–Trinajstić information content (AvgIpc) is 3.77. The molecule has 0 heteroatoms. The molecule has 2 unspecified atom stereocenters. The van der Waals surface area contributed by atoms with Crippen LogP contribution in [0.3, 0.4) is 0 Å². The molecule has 0 saturated carbocycles. The van der Waals surface area contributed by atoms with Gasteiger partial charge in [-0.15, -0.1) is 0 Å². The lowest BCUT2D eigenvalue weighted by Crippen LogP contribution is -2.39. The molecule has 0 spiro atoms. The second-order valence-corrected chi connectivity index (χ2v) is 13.6. The first-order valence-corrected chi connectivity index (χ1v) is 17.3. The molecule has 230 valence electrons. The average molecular weight is 615 g/mol. The number of hydrogen-bond donors (Lipinski definition) is 0. The summed E-state index contributed by atoms with van der Waals surface area (Å²) in [7, 11) is 0. The summed E-state index contributed by atoms with van der Waals surface area (Å²) >= 11 is 0. The Labute approximate surface area is 284 Å². The summed E-state index contributed by atoms with van der Waals surface area (Å²) in [6.45, 7) is 0. The van der Waals surface area contributed by atoms with Gasteiger partial charge in [-0.2, -0.15) is 0 Å². The summed E-state index contributed by atoms with van der Waals surface area (Å²) < 4.78 is 0. The SMILES string of the molecule is C1=CC(CCC2C=Cc3cc4c(cc32)C(c2ccccc2)(c2ccccc2)C=CC4(c2ccccc2)c2ccccc2)c2ccccc21. The Morgan fingerprint density at radius 1 is 0.375 bits per heavy atom. The first-order valence-electron chi connectivity index (χ1n) is 17.3. The second kappa shape index (κ2) is 11.7. The minimum atomic E-state index is -0.444. The molecule has 3 aliphatic rings. The quantitative estimate of drug-likeness (QED) is 0.157. The van der Waals surface area contributed by atoms with Crippen molar-refractivity contribution in [2.45, 2.75) is 35.5 Å². The molecule has 0 aromatic heterocycles. The number of rotatable bonds is 7. The van der Waals surface area contributed by atoms with Crippen LogP contribution in [-0.4, -0.2) is 0 Å². The van der Waals surface area contributed by atoms with Gasteiger partial charge in [0.2, 0.25) is 0 Å². The first-order chi connectivity index (χ1) is 23.8. The molecular weight excluding hydrogens is 577 g/mol. The van der Waals surface area contributed by atoms with Crippen LogP contribution in [0.4, 0.5) is 0 Å². The largest absolute Gasteiger partial charge is 0.0764 e. The van der Waals surface area contributed by atoms with Crippen molar-refractivity contribution in [2.24, 2.45) is 0 Å². The standard InChI is InChI=1S/C48H38/c1-5-16-39(17-6-1)47(40-18-7-2-8-19-40)31-32-48(41-20-9-3-10-21-41,42-22-11-4-12-23-42)46-34-44-37(29-30-38(44)33-45(46)47)28-27-36-26-25-35-15-13-14-24-43(35)36/h1-26,29-34,36-37H,27-28H2. The Kier molecular flexibility index (Phi) is 6.98. The molecule has 0 aliphatic heterocycles. The van der Waals surface area contributed by atoms with Gasteiger partial charge in [0.05, 0.1) is 10.8 Å². The monoisotopic (exact) mass is 614 g/mol. The van der Waals surface area contributed by atoms with Crippen LogP contribution in [-0.2, 0) is 10.8 Å². The van der Waals surface area contributed by atoms with E-state index in [2.05, 4.69) is 194 Å². The number of allylic oxidation sites excluding steroid dienone is 4. The van der Waals surface area contributed by atoms with E-state index in [1.807, 2.05) is 0 Å². The lowest BCUT2D eigenvalue weighted by molar-refractivity contribution is 0.634. The molecule has 0 radical (unpaired) electrons. The van der Waals surface area contributed by atoms with Crippen molar-refractivity contribution in [1.82, 2.24) is 0 Å². The third kappa shape index (κ3) is 4.44. The van der Waals surface area contributed by atoms with Gasteiger partial charge in [0.1, 0.15) is 0 Å². The summed E-state index contributed by atoms with van der Waals surface area (Å²) in [5.41, 5.74) is 12.6. The van der Waals surface area contributed by atoms with E-state index >= 15 is 0 Å². The molecule has 48 heavy (non-hydrogen) atoms. The highest BCUT2D eigenvalue weighted by molar-refractivity contribution is 5.74. The molecule has 6 aromatic carbocycles. The fourth-order valence-electron chi connectivity index (χ4n) is 8.84. The highest BCUT2D eigenvalue weighted by atomic mass is 14.5. The highest BCUT2D eigenvalue weighted by Gasteiger charge is 2.47. The van der Waals surface area contributed by atoms with Crippen LogP contribution in [0.1, 0.15) is 80.3 Å². The van der Waals surface area contributed by atoms with Gasteiger partial charge in [0.25, 0.3) is 0 Å². The summed E-state index contributed by atoms with van der Waals surface area (Å²) in [5.74, 6) is 0.861. The molecule has 0 saturated heterocycles. The van der Waals surface area contributed by atoms with Crippen molar-refractivity contribution in [2.75, 3.05) is 0 Å². The molecule has 0 amide bonds. The summed E-state index contributed by atoms with van der Waals surface area (Å²) in [4.78, 5) is 0. The van der Waals surface area contributed by atoms with E-state index in [0.717, 1.165) is 12.8 Å². The summed E-state index contributed by atoms with van der Waals surface area (Å²) in [5, 5.41) is 0. The van der Waals surface area contributed by atoms with Gasteiger partial charge >= 0.3 is 0 Å². The van der Waals surface area contributed by atoms with Crippen LogP contribution < -0.4 is 0 Å². The van der Waals surface area contributed by atoms with Gasteiger partial charge in [-0.05, 0) is 74.5 Å². The van der Waals surface area contributed by atoms with Crippen LogP contribution in [0.25, 0.3) is 12.2 Å². The summed E-state index contributed by atoms with van der Waals surface area (Å²) in [6, 6.07) is 58.5. The van der Waals surface area contributed by atoms with Crippen LogP contribution in [0.2, 0.25) is 0 Å². The van der Waals surface area contributed by atoms with Crippen molar-refractivity contribution in [3.63, 3.8) is 0 Å². The lowest BCUT2D eigenvalue weighted by atomic mass is 9.56. The molecule has 9 rings (SSSR count). The number of hydrogen-bond acceptors (Lipinski definition) is 0. The lowest BCUT2D eigenvalue weighted by Gasteiger charge is -2.46. The zero-order valence-corrected chi connectivity index (χ0v) is 27.0. The summed E-state index contributed by atoms with van der Waals surface area (Å²) in [6.07, 6.45) is 16.9. The molecule has 0 fully saturated rings. The van der Waals surface area contributed by atoms with Crippen LogP contribution >= 0.6 is 0 Å². The van der Waals surface area contributed by atoms with Crippen molar-refractivity contribution in [1.29, 1.82) is 0 Å². The molecule has 0 heterocycles. The Morgan fingerprint density at radius 3 is 1.27 bits per heavy atom. The predicted molar refractivity (Wildman–Crippen MR) is 200 cm³/mol.